The molecule has 2 aromatic carbocycles. The second-order valence-corrected chi connectivity index (χ2v) is 6.95. The molecule has 2 N–H and O–H groups in total. The number of rotatable bonds is 7. The zero-order chi connectivity index (χ0) is 19.1. The van der Waals surface area contributed by atoms with Gasteiger partial charge in [0.2, 0.25) is 5.91 Å². The molecule has 28 heavy (non-hydrogen) atoms. The van der Waals surface area contributed by atoms with Gasteiger partial charge in [-0.3, -0.25) is 14.9 Å². The Morgan fingerprint density at radius 1 is 1.00 bits per heavy atom. The highest BCUT2D eigenvalue weighted by Gasteiger charge is 2.10. The van der Waals surface area contributed by atoms with Gasteiger partial charge in [0.05, 0.1) is 5.69 Å². The van der Waals surface area contributed by atoms with Crippen molar-refractivity contribution in [3.05, 3.63) is 65.5 Å². The fourth-order valence-electron chi connectivity index (χ4n) is 2.51. The molecule has 3 aromatic rings. The monoisotopic (exact) mass is 415 g/mol. The van der Waals surface area contributed by atoms with Crippen LogP contribution in [-0.4, -0.2) is 16.8 Å². The average Bonchev–Trinajstić information content (AvgIpc) is 3.16. The topological polar surface area (TPSA) is 71.1 Å². The van der Waals surface area contributed by atoms with E-state index in [1.807, 2.05) is 42.6 Å². The van der Waals surface area contributed by atoms with Crippen molar-refractivity contribution in [2.75, 3.05) is 10.6 Å². The Morgan fingerprint density at radius 2 is 1.71 bits per heavy atom. The number of hydrogen-bond acceptors (Lipinski definition) is 4. The van der Waals surface area contributed by atoms with Crippen molar-refractivity contribution in [3.8, 4) is 11.3 Å². The van der Waals surface area contributed by atoms with Gasteiger partial charge in [0.15, 0.2) is 5.13 Å². The number of unbranched alkanes of at least 4 members (excludes halogenated alkanes) is 1. The van der Waals surface area contributed by atoms with Crippen molar-refractivity contribution < 1.29 is 9.59 Å². The normalized spacial score (nSPS) is 10.0. The Hall–Kier alpha value is -2.70. The molecular formula is C21H22ClN3O2S. The Kier molecular flexibility index (Phi) is 8.17. The molecule has 1 heterocycles. The molecule has 0 aliphatic heterocycles. The number of thiazole rings is 1. The largest absolute Gasteiger partial charge is 0.326 e. The number of carbonyl (C=O) groups is 2. The maximum atomic E-state index is 12.4. The molecule has 3 rings (SSSR count). The van der Waals surface area contributed by atoms with Gasteiger partial charge in [0, 0.05) is 28.6 Å². The first-order valence-electron chi connectivity index (χ1n) is 8.88. The summed E-state index contributed by atoms with van der Waals surface area (Å²) in [6.45, 7) is 2.05. The van der Waals surface area contributed by atoms with Gasteiger partial charge in [-0.2, -0.15) is 0 Å². The van der Waals surface area contributed by atoms with Crippen molar-refractivity contribution in [1.29, 1.82) is 0 Å². The number of anilines is 2. The molecular weight excluding hydrogens is 394 g/mol. The zero-order valence-corrected chi connectivity index (χ0v) is 17.1. The molecule has 1 aromatic heterocycles. The SMILES string of the molecule is CCCCC(=O)Nc1ccc(C(=O)Nc2nc(-c3ccccc3)cs2)cc1.Cl. The van der Waals surface area contributed by atoms with Crippen LogP contribution in [0.2, 0.25) is 0 Å². The number of benzene rings is 2. The van der Waals surface area contributed by atoms with Crippen LogP contribution in [0.5, 0.6) is 0 Å². The lowest BCUT2D eigenvalue weighted by molar-refractivity contribution is -0.116. The number of amides is 2. The van der Waals surface area contributed by atoms with Gasteiger partial charge in [0.25, 0.3) is 5.91 Å². The van der Waals surface area contributed by atoms with E-state index >= 15 is 0 Å². The Balaban J connectivity index is 0.00000280. The number of nitrogens with zero attached hydrogens (tertiary/aromatic N) is 1. The lowest BCUT2D eigenvalue weighted by Crippen LogP contribution is -2.13. The van der Waals surface area contributed by atoms with Crippen molar-refractivity contribution in [2.24, 2.45) is 0 Å². The maximum absolute atomic E-state index is 12.4. The smallest absolute Gasteiger partial charge is 0.257 e. The summed E-state index contributed by atoms with van der Waals surface area (Å²) in [6, 6.07) is 16.7. The molecule has 0 radical (unpaired) electrons. The van der Waals surface area contributed by atoms with Crippen LogP contribution < -0.4 is 10.6 Å². The van der Waals surface area contributed by atoms with Crippen LogP contribution >= 0.6 is 23.7 Å². The number of carbonyl (C=O) groups excluding carboxylic acids is 2. The fraction of sp³-hybridized carbons (Fsp3) is 0.190. The van der Waals surface area contributed by atoms with Crippen LogP contribution in [0.4, 0.5) is 10.8 Å². The maximum Gasteiger partial charge on any atom is 0.257 e. The molecule has 146 valence electrons. The van der Waals surface area contributed by atoms with Gasteiger partial charge in [-0.05, 0) is 30.7 Å². The van der Waals surface area contributed by atoms with E-state index in [-0.39, 0.29) is 24.2 Å². The minimum absolute atomic E-state index is 0. The number of halogens is 1. The van der Waals surface area contributed by atoms with Gasteiger partial charge in [-0.1, -0.05) is 43.7 Å². The first-order valence-corrected chi connectivity index (χ1v) is 9.76. The fourth-order valence-corrected chi connectivity index (χ4v) is 3.22. The molecule has 0 aliphatic rings. The van der Waals surface area contributed by atoms with Crippen molar-refractivity contribution in [2.45, 2.75) is 26.2 Å². The highest BCUT2D eigenvalue weighted by Crippen LogP contribution is 2.25. The predicted octanol–water partition coefficient (Wildman–Crippen LogP) is 5.61. The molecule has 2 amide bonds. The van der Waals surface area contributed by atoms with Gasteiger partial charge >= 0.3 is 0 Å². The summed E-state index contributed by atoms with van der Waals surface area (Å²) < 4.78 is 0. The molecule has 0 saturated heterocycles. The van der Waals surface area contributed by atoms with Crippen LogP contribution in [0.1, 0.15) is 36.5 Å². The lowest BCUT2D eigenvalue weighted by Gasteiger charge is -2.06. The van der Waals surface area contributed by atoms with E-state index in [4.69, 9.17) is 0 Å². The van der Waals surface area contributed by atoms with E-state index in [2.05, 4.69) is 15.6 Å². The van der Waals surface area contributed by atoms with E-state index in [9.17, 15) is 9.59 Å². The van der Waals surface area contributed by atoms with E-state index in [0.29, 0.717) is 22.8 Å². The number of hydrogen-bond donors (Lipinski definition) is 2. The quantitative estimate of drug-likeness (QED) is 0.526. The van der Waals surface area contributed by atoms with Crippen molar-refractivity contribution in [3.63, 3.8) is 0 Å². The molecule has 5 nitrogen and oxygen atoms in total. The van der Waals surface area contributed by atoms with Crippen molar-refractivity contribution >= 4 is 46.4 Å². The highest BCUT2D eigenvalue weighted by molar-refractivity contribution is 7.14. The summed E-state index contributed by atoms with van der Waals surface area (Å²) >= 11 is 1.39. The number of nitrogens with one attached hydrogen (secondary N) is 2. The molecule has 0 aliphatic carbocycles. The zero-order valence-electron chi connectivity index (χ0n) is 15.5. The summed E-state index contributed by atoms with van der Waals surface area (Å²) in [7, 11) is 0. The second-order valence-electron chi connectivity index (χ2n) is 6.09. The van der Waals surface area contributed by atoms with Gasteiger partial charge in [0.1, 0.15) is 0 Å². The molecule has 0 unspecified atom stereocenters. The van der Waals surface area contributed by atoms with Gasteiger partial charge < -0.3 is 5.32 Å². The van der Waals surface area contributed by atoms with E-state index < -0.39 is 0 Å². The van der Waals surface area contributed by atoms with Gasteiger partial charge in [-0.15, -0.1) is 23.7 Å². The van der Waals surface area contributed by atoms with Gasteiger partial charge in [-0.25, -0.2) is 4.98 Å². The summed E-state index contributed by atoms with van der Waals surface area (Å²) in [4.78, 5) is 28.6. The minimum atomic E-state index is -0.229. The molecule has 0 atom stereocenters. The third-order valence-electron chi connectivity index (χ3n) is 3.98. The Bertz CT molecular complexity index is 911. The first kappa shape index (κ1) is 21.6. The van der Waals surface area contributed by atoms with E-state index in [0.717, 1.165) is 24.1 Å². The third-order valence-corrected chi connectivity index (χ3v) is 4.74. The molecule has 7 heteroatoms. The molecule has 0 spiro atoms. The summed E-state index contributed by atoms with van der Waals surface area (Å²) in [6.07, 6.45) is 2.35. The lowest BCUT2D eigenvalue weighted by atomic mass is 10.2. The Morgan fingerprint density at radius 3 is 2.39 bits per heavy atom. The second kappa shape index (κ2) is 10.6. The predicted molar refractivity (Wildman–Crippen MR) is 117 cm³/mol. The van der Waals surface area contributed by atoms with Crippen LogP contribution in [0.25, 0.3) is 11.3 Å². The van der Waals surface area contributed by atoms with Crippen LogP contribution in [0, 0.1) is 0 Å². The van der Waals surface area contributed by atoms with Crippen LogP contribution in [-0.2, 0) is 4.79 Å². The first-order chi connectivity index (χ1) is 13.2. The Labute approximate surface area is 174 Å². The van der Waals surface area contributed by atoms with Crippen LogP contribution in [0.15, 0.2) is 60.0 Å². The van der Waals surface area contributed by atoms with E-state index in [1.54, 1.807) is 24.3 Å². The summed E-state index contributed by atoms with van der Waals surface area (Å²) in [5.41, 5.74) is 3.05. The average molecular weight is 416 g/mol. The molecule has 0 saturated carbocycles. The standard InChI is InChI=1S/C21H21N3O2S.ClH/c1-2-3-9-19(25)22-17-12-10-16(11-13-17)20(26)24-21-23-18(14-27-21)15-7-5-4-6-8-15;/h4-8,10-14H,2-3,9H2,1H3,(H,22,25)(H,23,24,26);1H. The highest BCUT2D eigenvalue weighted by atomic mass is 35.5. The van der Waals surface area contributed by atoms with Crippen LogP contribution in [0.3, 0.4) is 0 Å². The third kappa shape index (κ3) is 5.90. The van der Waals surface area contributed by atoms with Crippen molar-refractivity contribution in [1.82, 2.24) is 4.98 Å². The molecule has 0 fully saturated rings. The van der Waals surface area contributed by atoms with E-state index in [1.165, 1.54) is 11.3 Å². The summed E-state index contributed by atoms with van der Waals surface area (Å²) in [5.74, 6) is -0.238. The number of aromatic nitrogens is 1. The summed E-state index contributed by atoms with van der Waals surface area (Å²) in [5, 5.41) is 8.12. The molecule has 0 bridgehead atoms. The minimum Gasteiger partial charge on any atom is -0.326 e.